The summed E-state index contributed by atoms with van der Waals surface area (Å²) in [6.45, 7) is 6.56. The first-order valence-electron chi connectivity index (χ1n) is 6.19. The second-order valence-corrected chi connectivity index (χ2v) is 5.21. The summed E-state index contributed by atoms with van der Waals surface area (Å²) in [5.74, 6) is -1.16. The zero-order valence-electron chi connectivity index (χ0n) is 10.6. The van der Waals surface area contributed by atoms with Gasteiger partial charge in [-0.05, 0) is 37.8 Å². The lowest BCUT2D eigenvalue weighted by Gasteiger charge is -2.35. The largest absolute Gasteiger partial charge is 0.307 e. The second-order valence-electron chi connectivity index (χ2n) is 5.21. The summed E-state index contributed by atoms with van der Waals surface area (Å²) in [5, 5.41) is 3.37. The monoisotopic (exact) mass is 239 g/mol. The molecule has 94 valence electrons. The van der Waals surface area contributed by atoms with Gasteiger partial charge in [0.25, 0.3) is 0 Å². The van der Waals surface area contributed by atoms with Gasteiger partial charge in [-0.15, -0.1) is 0 Å². The molecule has 0 bridgehead atoms. The minimum absolute atomic E-state index is 0.238. The Kier molecular flexibility index (Phi) is 3.21. The molecule has 1 atom stereocenters. The zero-order chi connectivity index (χ0) is 12.6. The van der Waals surface area contributed by atoms with Gasteiger partial charge in [-0.1, -0.05) is 26.0 Å². The van der Waals surface area contributed by atoms with Crippen LogP contribution in [0.1, 0.15) is 37.8 Å². The highest BCUT2D eigenvalue weighted by Gasteiger charge is 2.40. The molecule has 0 aromatic heterocycles. The molecule has 3 heteroatoms. The molecule has 1 unspecified atom stereocenters. The summed E-state index contributed by atoms with van der Waals surface area (Å²) in [4.78, 5) is 0. The molecule has 2 rings (SSSR count). The van der Waals surface area contributed by atoms with Crippen molar-refractivity contribution in [3.63, 3.8) is 0 Å². The van der Waals surface area contributed by atoms with Gasteiger partial charge in [-0.3, -0.25) is 0 Å². The van der Waals surface area contributed by atoms with Gasteiger partial charge in [0, 0.05) is 11.1 Å². The van der Waals surface area contributed by atoms with E-state index in [1.807, 2.05) is 0 Å². The third kappa shape index (κ3) is 1.86. The summed E-state index contributed by atoms with van der Waals surface area (Å²) in [6.07, 6.45) is 1.87. The summed E-state index contributed by atoms with van der Waals surface area (Å²) in [5.41, 5.74) is 0.440. The molecule has 0 radical (unpaired) electrons. The fourth-order valence-electron chi connectivity index (χ4n) is 2.79. The van der Waals surface area contributed by atoms with Gasteiger partial charge in [-0.25, -0.2) is 8.78 Å². The molecule has 1 N–H and O–H groups in total. The summed E-state index contributed by atoms with van der Waals surface area (Å²) >= 11 is 0. The average molecular weight is 239 g/mol. The van der Waals surface area contributed by atoms with Crippen molar-refractivity contribution in [2.24, 2.45) is 5.92 Å². The fraction of sp³-hybridized carbons (Fsp3) is 0.571. The van der Waals surface area contributed by atoms with E-state index in [0.717, 1.165) is 19.4 Å². The minimum Gasteiger partial charge on any atom is -0.307 e. The van der Waals surface area contributed by atoms with Crippen molar-refractivity contribution in [3.8, 4) is 0 Å². The van der Waals surface area contributed by atoms with Crippen LogP contribution < -0.4 is 5.32 Å². The van der Waals surface area contributed by atoms with Crippen molar-refractivity contribution < 1.29 is 8.78 Å². The Morgan fingerprint density at radius 2 is 1.94 bits per heavy atom. The quantitative estimate of drug-likeness (QED) is 0.832. The molecule has 0 saturated carbocycles. The highest BCUT2D eigenvalue weighted by molar-refractivity contribution is 5.32. The van der Waals surface area contributed by atoms with E-state index in [-0.39, 0.29) is 5.92 Å². The number of rotatable bonds is 2. The Labute approximate surface area is 101 Å². The standard InChI is InChI=1S/C14H19F2N/c1-9(2)14(7-4-8-17-14)11-6-5-10(3)12(15)13(11)16/h5-6,9,17H,4,7-8H2,1-3H3. The van der Waals surface area contributed by atoms with E-state index in [2.05, 4.69) is 19.2 Å². The van der Waals surface area contributed by atoms with Crippen molar-refractivity contribution in [2.75, 3.05) is 6.54 Å². The van der Waals surface area contributed by atoms with Gasteiger partial charge < -0.3 is 5.32 Å². The minimum atomic E-state index is -0.712. The van der Waals surface area contributed by atoms with Gasteiger partial charge in [-0.2, -0.15) is 0 Å². The third-order valence-electron chi connectivity index (χ3n) is 3.93. The van der Waals surface area contributed by atoms with Crippen molar-refractivity contribution >= 4 is 0 Å². The number of benzene rings is 1. The number of hydrogen-bond acceptors (Lipinski definition) is 1. The van der Waals surface area contributed by atoms with Crippen molar-refractivity contribution in [1.29, 1.82) is 0 Å². The van der Waals surface area contributed by atoms with E-state index in [1.54, 1.807) is 19.1 Å². The van der Waals surface area contributed by atoms with E-state index in [9.17, 15) is 8.78 Å². The van der Waals surface area contributed by atoms with Crippen LogP contribution in [0.3, 0.4) is 0 Å². The smallest absolute Gasteiger partial charge is 0.164 e. The SMILES string of the molecule is Cc1ccc(C2(C(C)C)CCCN2)c(F)c1F. The Bertz CT molecular complexity index is 420. The molecule has 1 aliphatic heterocycles. The van der Waals surface area contributed by atoms with E-state index in [1.165, 1.54) is 0 Å². The first-order valence-corrected chi connectivity index (χ1v) is 6.19. The van der Waals surface area contributed by atoms with Crippen LogP contribution in [-0.2, 0) is 5.54 Å². The zero-order valence-corrected chi connectivity index (χ0v) is 10.6. The van der Waals surface area contributed by atoms with E-state index < -0.39 is 17.2 Å². The Balaban J connectivity index is 2.55. The fourth-order valence-corrected chi connectivity index (χ4v) is 2.79. The number of halogens is 2. The van der Waals surface area contributed by atoms with Gasteiger partial charge >= 0.3 is 0 Å². The normalized spacial score (nSPS) is 24.6. The molecule has 1 heterocycles. The molecule has 0 amide bonds. The molecule has 0 aliphatic carbocycles. The molecule has 1 nitrogen and oxygen atoms in total. The van der Waals surface area contributed by atoms with Crippen LogP contribution in [0.15, 0.2) is 12.1 Å². The number of hydrogen-bond donors (Lipinski definition) is 1. The van der Waals surface area contributed by atoms with Crippen LogP contribution in [0, 0.1) is 24.5 Å². The van der Waals surface area contributed by atoms with Gasteiger partial charge in [0.05, 0.1) is 0 Å². The van der Waals surface area contributed by atoms with Crippen molar-refractivity contribution in [3.05, 3.63) is 34.9 Å². The molecule has 1 aromatic rings. The second kappa shape index (κ2) is 4.37. The molecule has 1 saturated heterocycles. The Morgan fingerprint density at radius 1 is 1.24 bits per heavy atom. The predicted octanol–water partition coefficient (Wildman–Crippen LogP) is 3.51. The molecule has 1 aliphatic rings. The lowest BCUT2D eigenvalue weighted by Crippen LogP contribution is -2.42. The van der Waals surface area contributed by atoms with E-state index in [4.69, 9.17) is 0 Å². The van der Waals surface area contributed by atoms with Gasteiger partial charge in [0.2, 0.25) is 0 Å². The summed E-state index contributed by atoms with van der Waals surface area (Å²) < 4.78 is 27.8. The van der Waals surface area contributed by atoms with Gasteiger partial charge in [0.1, 0.15) is 0 Å². The Morgan fingerprint density at radius 3 is 2.47 bits per heavy atom. The maximum atomic E-state index is 14.1. The van der Waals surface area contributed by atoms with Crippen molar-refractivity contribution in [1.82, 2.24) is 5.32 Å². The molecule has 1 aromatic carbocycles. The lowest BCUT2D eigenvalue weighted by molar-refractivity contribution is 0.264. The molecular weight excluding hydrogens is 220 g/mol. The molecule has 1 fully saturated rings. The molecular formula is C14H19F2N. The first kappa shape index (κ1) is 12.5. The maximum Gasteiger partial charge on any atom is 0.164 e. The van der Waals surface area contributed by atoms with E-state index >= 15 is 0 Å². The van der Waals surface area contributed by atoms with Crippen LogP contribution in [0.4, 0.5) is 8.78 Å². The van der Waals surface area contributed by atoms with E-state index in [0.29, 0.717) is 11.1 Å². The van der Waals surface area contributed by atoms with Gasteiger partial charge in [0.15, 0.2) is 11.6 Å². The Hall–Kier alpha value is -0.960. The topological polar surface area (TPSA) is 12.0 Å². The van der Waals surface area contributed by atoms with Crippen LogP contribution in [-0.4, -0.2) is 6.54 Å². The summed E-state index contributed by atoms with van der Waals surface area (Å²) in [7, 11) is 0. The van der Waals surface area contributed by atoms with Crippen molar-refractivity contribution in [2.45, 2.75) is 39.2 Å². The maximum absolute atomic E-state index is 14.1. The summed E-state index contributed by atoms with van der Waals surface area (Å²) in [6, 6.07) is 3.39. The molecule has 0 spiro atoms. The molecule has 17 heavy (non-hydrogen) atoms. The highest BCUT2D eigenvalue weighted by atomic mass is 19.2. The third-order valence-corrected chi connectivity index (χ3v) is 3.93. The lowest BCUT2D eigenvalue weighted by atomic mass is 9.78. The van der Waals surface area contributed by atoms with Crippen LogP contribution in [0.25, 0.3) is 0 Å². The van der Waals surface area contributed by atoms with Crippen LogP contribution in [0.5, 0.6) is 0 Å². The first-order chi connectivity index (χ1) is 7.99. The predicted molar refractivity (Wildman–Crippen MR) is 64.8 cm³/mol. The number of aryl methyl sites for hydroxylation is 1. The number of nitrogens with one attached hydrogen (secondary N) is 1. The van der Waals surface area contributed by atoms with Crippen LogP contribution >= 0.6 is 0 Å². The average Bonchev–Trinajstić information content (AvgIpc) is 2.76. The highest BCUT2D eigenvalue weighted by Crippen LogP contribution is 2.39. The van der Waals surface area contributed by atoms with Crippen LogP contribution in [0.2, 0.25) is 0 Å².